The molecule has 35 heavy (non-hydrogen) atoms. The number of rotatable bonds is 9. The lowest BCUT2D eigenvalue weighted by molar-refractivity contribution is -0.150. The molecule has 2 atom stereocenters. The zero-order valence-electron chi connectivity index (χ0n) is 18.9. The van der Waals surface area contributed by atoms with E-state index < -0.39 is 11.7 Å². The molecule has 2 aromatic rings. The number of alkyl halides is 1. The van der Waals surface area contributed by atoms with Crippen LogP contribution in [0.4, 0.5) is 5.13 Å². The van der Waals surface area contributed by atoms with Gasteiger partial charge in [0, 0.05) is 36.5 Å². The number of fused-ring (bicyclic) bond motifs is 1. The fourth-order valence-corrected chi connectivity index (χ4v) is 5.91. The van der Waals surface area contributed by atoms with E-state index in [1.54, 1.807) is 0 Å². The van der Waals surface area contributed by atoms with Crippen LogP contribution in [0, 0.1) is 5.92 Å². The highest BCUT2D eigenvalue weighted by molar-refractivity contribution is 8.00. The van der Waals surface area contributed by atoms with E-state index in [-0.39, 0.29) is 40.2 Å². The molecule has 0 spiro atoms. The van der Waals surface area contributed by atoms with Crippen LogP contribution in [0.2, 0.25) is 0 Å². The maximum atomic E-state index is 13.1. The number of thioether (sulfide) groups is 1. The summed E-state index contributed by atoms with van der Waals surface area (Å²) in [5, 5.41) is 3.62. The minimum absolute atomic E-state index is 0.0649. The number of hydrogen-bond donors (Lipinski definition) is 1. The minimum atomic E-state index is -0.589. The van der Waals surface area contributed by atoms with E-state index in [4.69, 9.17) is 22.2 Å². The van der Waals surface area contributed by atoms with Crippen molar-refractivity contribution in [2.24, 2.45) is 11.1 Å². The van der Waals surface area contributed by atoms with Gasteiger partial charge in [-0.1, -0.05) is 41.6 Å². The Bertz CT molecular complexity index is 1250. The van der Waals surface area contributed by atoms with Gasteiger partial charge in [0.25, 0.3) is 0 Å². The Hall–Kier alpha value is -3.02. The number of allylic oxidation sites excluding steroid dienone is 2. The average Bonchev–Trinajstić information content (AvgIpc) is 3.29. The monoisotopic (exact) mass is 531 g/mol. The van der Waals surface area contributed by atoms with Crippen molar-refractivity contribution in [3.8, 4) is 0 Å². The quantitative estimate of drug-likeness (QED) is 0.226. The van der Waals surface area contributed by atoms with Gasteiger partial charge >= 0.3 is 0 Å². The minimum Gasteiger partial charge on any atom is -0.398 e. The van der Waals surface area contributed by atoms with Gasteiger partial charge < -0.3 is 10.6 Å². The number of nitrogens with zero attached hydrogens (tertiary/aromatic N) is 4. The van der Waals surface area contributed by atoms with Crippen LogP contribution in [0.25, 0.3) is 6.08 Å². The number of Topliss-reactive ketones (excluding diaryl/α,β-unsaturated/α-hetero) is 2. The van der Waals surface area contributed by atoms with Gasteiger partial charge in [-0.25, -0.2) is 0 Å². The lowest BCUT2D eigenvalue weighted by Gasteiger charge is -2.49. The summed E-state index contributed by atoms with van der Waals surface area (Å²) in [5.41, 5.74) is 8.65. The number of amides is 1. The van der Waals surface area contributed by atoms with Crippen LogP contribution in [0.1, 0.15) is 30.3 Å². The summed E-state index contributed by atoms with van der Waals surface area (Å²) in [5.74, 6) is -0.454. The maximum Gasteiger partial charge on any atom is 0.234 e. The lowest BCUT2D eigenvalue weighted by atomic mass is 9.88. The van der Waals surface area contributed by atoms with Gasteiger partial charge in [0.2, 0.25) is 11.7 Å². The number of aromatic nitrogens is 2. The highest BCUT2D eigenvalue weighted by Crippen LogP contribution is 2.45. The Labute approximate surface area is 215 Å². The molecule has 2 N–H and O–H groups in total. The standard InChI is InChI=1S/C23H22ClN5O4S2/c1-12(30)19-15(8-7-13-3-5-14(10-24)6-4-13)11-34-22-16(21(32)29(19)22)9-17(31)18(27-33-2)20-26-23(25)35-28-20/h3-8,16,22H,9-11H2,1-2H3,(H2,25,26,28)/b8-7+,27-18+/t16-,22-/m1/s1. The van der Waals surface area contributed by atoms with Crippen LogP contribution in [-0.2, 0) is 25.1 Å². The second-order valence-corrected chi connectivity index (χ2v) is 10.0. The Morgan fingerprint density at radius 3 is 2.66 bits per heavy atom. The van der Waals surface area contributed by atoms with Crippen LogP contribution < -0.4 is 5.73 Å². The number of carbonyl (C=O) groups is 3. The Morgan fingerprint density at radius 1 is 1.31 bits per heavy atom. The Morgan fingerprint density at radius 2 is 2.06 bits per heavy atom. The molecular formula is C23H22ClN5O4S2. The molecule has 4 rings (SSSR count). The largest absolute Gasteiger partial charge is 0.398 e. The first kappa shape index (κ1) is 25.1. The molecule has 0 unspecified atom stereocenters. The number of anilines is 1. The first-order valence-corrected chi connectivity index (χ1v) is 12.9. The third kappa shape index (κ3) is 5.16. The molecule has 1 saturated heterocycles. The fraction of sp³-hybridized carbons (Fsp3) is 0.304. The van der Waals surface area contributed by atoms with Crippen LogP contribution in [-0.4, -0.2) is 55.7 Å². The number of ketones is 2. The summed E-state index contributed by atoms with van der Waals surface area (Å²) in [6.07, 6.45) is 3.67. The molecule has 2 aliphatic rings. The van der Waals surface area contributed by atoms with E-state index in [2.05, 4.69) is 14.5 Å². The van der Waals surface area contributed by atoms with E-state index in [0.717, 1.165) is 28.2 Å². The molecule has 0 bridgehead atoms. The number of carbonyl (C=O) groups excluding carboxylic acids is 3. The molecule has 9 nitrogen and oxygen atoms in total. The smallest absolute Gasteiger partial charge is 0.234 e. The summed E-state index contributed by atoms with van der Waals surface area (Å²) < 4.78 is 4.01. The van der Waals surface area contributed by atoms with Gasteiger partial charge in [-0.2, -0.15) is 9.36 Å². The SMILES string of the molecule is CO/N=C(\C(=O)C[C@@H]1C(=O)N2C(C(C)=O)=C(/C=C/c3ccc(CCl)cc3)CS[C@H]12)c1nsc(N)n1. The summed E-state index contributed by atoms with van der Waals surface area (Å²) in [6, 6.07) is 7.77. The first-order chi connectivity index (χ1) is 16.8. The lowest BCUT2D eigenvalue weighted by Crippen LogP contribution is -2.61. The molecule has 3 heterocycles. The zero-order chi connectivity index (χ0) is 25.1. The maximum absolute atomic E-state index is 13.1. The van der Waals surface area contributed by atoms with Crippen molar-refractivity contribution in [2.45, 2.75) is 24.6 Å². The van der Waals surface area contributed by atoms with Crippen molar-refractivity contribution in [3.63, 3.8) is 0 Å². The molecule has 0 aliphatic carbocycles. The number of halogens is 1. The van der Waals surface area contributed by atoms with Gasteiger partial charge in [0.05, 0.1) is 17.0 Å². The van der Waals surface area contributed by atoms with E-state index >= 15 is 0 Å². The second kappa shape index (κ2) is 10.7. The van der Waals surface area contributed by atoms with Crippen molar-refractivity contribution in [2.75, 3.05) is 18.6 Å². The van der Waals surface area contributed by atoms with Crippen molar-refractivity contribution in [1.82, 2.24) is 14.3 Å². The third-order valence-electron chi connectivity index (χ3n) is 5.56. The second-order valence-electron chi connectivity index (χ2n) is 7.86. The molecule has 1 aromatic heterocycles. The molecule has 1 amide bonds. The van der Waals surface area contributed by atoms with Crippen molar-refractivity contribution < 1.29 is 19.2 Å². The van der Waals surface area contributed by atoms with Crippen LogP contribution in [0.3, 0.4) is 0 Å². The van der Waals surface area contributed by atoms with E-state index in [1.165, 1.54) is 30.7 Å². The highest BCUT2D eigenvalue weighted by atomic mass is 35.5. The molecule has 1 fully saturated rings. The highest BCUT2D eigenvalue weighted by Gasteiger charge is 2.53. The number of benzene rings is 1. The third-order valence-corrected chi connectivity index (χ3v) is 7.77. The summed E-state index contributed by atoms with van der Waals surface area (Å²) in [6.45, 7) is 1.44. The normalized spacial score (nSPS) is 20.1. The molecule has 2 aliphatic heterocycles. The van der Waals surface area contributed by atoms with Crippen molar-refractivity contribution in [1.29, 1.82) is 0 Å². The van der Waals surface area contributed by atoms with Crippen LogP contribution >= 0.6 is 34.9 Å². The molecule has 0 saturated carbocycles. The number of β-lactam (4-membered cyclic amide) rings is 1. The molecule has 12 heteroatoms. The van der Waals surface area contributed by atoms with E-state index in [0.29, 0.717) is 17.3 Å². The number of nitrogens with two attached hydrogens (primary N) is 1. The van der Waals surface area contributed by atoms with Gasteiger partial charge in [0.15, 0.2) is 22.4 Å². The Balaban J connectivity index is 1.52. The topological polar surface area (TPSA) is 128 Å². The van der Waals surface area contributed by atoms with Gasteiger partial charge in [-0.3, -0.25) is 19.3 Å². The molecule has 182 valence electrons. The van der Waals surface area contributed by atoms with Gasteiger partial charge in [0.1, 0.15) is 7.11 Å². The predicted octanol–water partition coefficient (Wildman–Crippen LogP) is 3.26. The van der Waals surface area contributed by atoms with E-state index in [9.17, 15) is 14.4 Å². The van der Waals surface area contributed by atoms with Crippen molar-refractivity contribution in [3.05, 3.63) is 58.6 Å². The van der Waals surface area contributed by atoms with Crippen LogP contribution in [0.15, 0.2) is 46.8 Å². The summed E-state index contributed by atoms with van der Waals surface area (Å²) in [7, 11) is 1.31. The first-order valence-electron chi connectivity index (χ1n) is 10.6. The van der Waals surface area contributed by atoms with E-state index in [1.807, 2.05) is 36.4 Å². The number of hydrogen-bond acceptors (Lipinski definition) is 10. The average molecular weight is 532 g/mol. The van der Waals surface area contributed by atoms with Crippen molar-refractivity contribution >= 4 is 69.3 Å². The van der Waals surface area contributed by atoms with Gasteiger partial charge in [-0.15, -0.1) is 23.4 Å². The predicted molar refractivity (Wildman–Crippen MR) is 137 cm³/mol. The molecule has 0 radical (unpaired) electrons. The summed E-state index contributed by atoms with van der Waals surface area (Å²) >= 11 is 8.29. The summed E-state index contributed by atoms with van der Waals surface area (Å²) in [4.78, 5) is 48.8. The Kier molecular flexibility index (Phi) is 7.68. The number of nitrogen functional groups attached to an aromatic ring is 1. The van der Waals surface area contributed by atoms with Crippen LogP contribution in [0.5, 0.6) is 0 Å². The molecular weight excluding hydrogens is 510 g/mol. The fourth-order valence-electron chi connectivity index (χ4n) is 3.91. The molecule has 1 aromatic carbocycles. The van der Waals surface area contributed by atoms with Gasteiger partial charge in [-0.05, 0) is 16.7 Å². The number of oxime groups is 1. The zero-order valence-corrected chi connectivity index (χ0v) is 21.3.